The molecule has 23 heavy (non-hydrogen) atoms. The van der Waals surface area contributed by atoms with E-state index in [-0.39, 0.29) is 23.6 Å². The van der Waals surface area contributed by atoms with E-state index in [2.05, 4.69) is 0 Å². The first-order valence-electron chi connectivity index (χ1n) is 7.63. The number of amides is 3. The van der Waals surface area contributed by atoms with E-state index < -0.39 is 0 Å². The van der Waals surface area contributed by atoms with Crippen molar-refractivity contribution < 1.29 is 14.4 Å². The topological polar surface area (TPSA) is 57.7 Å². The van der Waals surface area contributed by atoms with Gasteiger partial charge in [-0.25, -0.2) is 0 Å². The fraction of sp³-hybridized carbons (Fsp3) is 0.438. The molecule has 2 fully saturated rings. The van der Waals surface area contributed by atoms with Gasteiger partial charge in [-0.2, -0.15) is 0 Å². The molecule has 0 atom stereocenters. The van der Waals surface area contributed by atoms with Gasteiger partial charge in [-0.15, -0.1) is 11.3 Å². The van der Waals surface area contributed by atoms with Gasteiger partial charge in [0.25, 0.3) is 11.1 Å². The Morgan fingerprint density at radius 1 is 1.26 bits per heavy atom. The number of hydrogen-bond donors (Lipinski definition) is 0. The standard InChI is InChI=1S/C16H18N2O3S2/c1-11-5-8-22-12(11)9-13-15(20)18(16(21)23-13)10-14(19)17-6-3-2-4-7-17/h5,8-9H,2-4,6-7,10H2,1H3/b13-9-. The molecule has 0 aromatic carbocycles. The maximum atomic E-state index is 12.4. The molecule has 0 N–H and O–H groups in total. The van der Waals surface area contributed by atoms with Crippen molar-refractivity contribution in [2.24, 2.45) is 0 Å². The fourth-order valence-corrected chi connectivity index (χ4v) is 4.42. The summed E-state index contributed by atoms with van der Waals surface area (Å²) in [6, 6.07) is 1.97. The molecule has 1 aromatic heterocycles. The molecule has 3 amide bonds. The zero-order valence-corrected chi connectivity index (χ0v) is 14.5. The van der Waals surface area contributed by atoms with Crippen LogP contribution >= 0.6 is 23.1 Å². The van der Waals surface area contributed by atoms with Gasteiger partial charge in [0.1, 0.15) is 6.54 Å². The first-order chi connectivity index (χ1) is 11.1. The summed E-state index contributed by atoms with van der Waals surface area (Å²) in [5, 5.41) is 1.59. The van der Waals surface area contributed by atoms with E-state index in [0.29, 0.717) is 4.91 Å². The number of carbonyl (C=O) groups is 3. The number of piperidine rings is 1. The van der Waals surface area contributed by atoms with E-state index in [1.54, 1.807) is 11.0 Å². The average Bonchev–Trinajstić information content (AvgIpc) is 3.07. The number of hydrogen-bond acceptors (Lipinski definition) is 5. The Hall–Kier alpha value is -1.60. The summed E-state index contributed by atoms with van der Waals surface area (Å²) in [6.45, 7) is 3.26. The maximum Gasteiger partial charge on any atom is 0.294 e. The summed E-state index contributed by atoms with van der Waals surface area (Å²) >= 11 is 2.44. The van der Waals surface area contributed by atoms with Crippen LogP contribution < -0.4 is 0 Å². The zero-order chi connectivity index (χ0) is 16.4. The predicted molar refractivity (Wildman–Crippen MR) is 92.2 cm³/mol. The number of likely N-dealkylation sites (tertiary alicyclic amines) is 1. The highest BCUT2D eigenvalue weighted by molar-refractivity contribution is 8.18. The fourth-order valence-electron chi connectivity index (χ4n) is 2.67. The quantitative estimate of drug-likeness (QED) is 0.786. The molecular formula is C16H18N2O3S2. The molecule has 2 saturated heterocycles. The highest BCUT2D eigenvalue weighted by Gasteiger charge is 2.37. The minimum absolute atomic E-state index is 0.138. The van der Waals surface area contributed by atoms with Crippen LogP contribution in [0.25, 0.3) is 6.08 Å². The van der Waals surface area contributed by atoms with Crippen molar-refractivity contribution in [2.45, 2.75) is 26.2 Å². The van der Waals surface area contributed by atoms with Gasteiger partial charge in [-0.1, -0.05) is 0 Å². The molecular weight excluding hydrogens is 332 g/mol. The molecule has 0 spiro atoms. The van der Waals surface area contributed by atoms with Crippen LogP contribution in [0.2, 0.25) is 0 Å². The van der Waals surface area contributed by atoms with Crippen LogP contribution in [0.1, 0.15) is 29.7 Å². The van der Waals surface area contributed by atoms with E-state index in [9.17, 15) is 14.4 Å². The minimum Gasteiger partial charge on any atom is -0.341 e. The van der Waals surface area contributed by atoms with Crippen molar-refractivity contribution in [3.8, 4) is 0 Å². The van der Waals surface area contributed by atoms with Gasteiger partial charge < -0.3 is 4.90 Å². The second-order valence-electron chi connectivity index (χ2n) is 5.68. The molecule has 5 nitrogen and oxygen atoms in total. The molecule has 122 valence electrons. The molecule has 1 aromatic rings. The first-order valence-corrected chi connectivity index (χ1v) is 9.33. The lowest BCUT2D eigenvalue weighted by Crippen LogP contribution is -2.44. The van der Waals surface area contributed by atoms with E-state index >= 15 is 0 Å². The predicted octanol–water partition coefficient (Wildman–Crippen LogP) is 3.11. The number of aryl methyl sites for hydroxylation is 1. The largest absolute Gasteiger partial charge is 0.341 e. The van der Waals surface area contributed by atoms with E-state index in [0.717, 1.165) is 59.5 Å². The lowest BCUT2D eigenvalue weighted by Gasteiger charge is -2.27. The van der Waals surface area contributed by atoms with Gasteiger partial charge in [0.15, 0.2) is 0 Å². The van der Waals surface area contributed by atoms with Crippen LogP contribution in [0.5, 0.6) is 0 Å². The highest BCUT2D eigenvalue weighted by atomic mass is 32.2. The van der Waals surface area contributed by atoms with Gasteiger partial charge in [0.2, 0.25) is 5.91 Å². The van der Waals surface area contributed by atoms with Crippen molar-refractivity contribution in [3.63, 3.8) is 0 Å². The first kappa shape index (κ1) is 16.3. The smallest absolute Gasteiger partial charge is 0.294 e. The van der Waals surface area contributed by atoms with Gasteiger partial charge in [-0.3, -0.25) is 19.3 Å². The Balaban J connectivity index is 1.70. The van der Waals surface area contributed by atoms with Gasteiger partial charge in [0.05, 0.1) is 4.91 Å². The Morgan fingerprint density at radius 2 is 2.00 bits per heavy atom. The summed E-state index contributed by atoms with van der Waals surface area (Å²) in [6.07, 6.45) is 4.86. The van der Waals surface area contributed by atoms with Gasteiger partial charge >= 0.3 is 0 Å². The van der Waals surface area contributed by atoms with Crippen LogP contribution in [-0.2, 0) is 9.59 Å². The Bertz CT molecular complexity index is 675. The molecule has 2 aliphatic heterocycles. The van der Waals surface area contributed by atoms with E-state index in [1.807, 2.05) is 18.4 Å². The van der Waals surface area contributed by atoms with E-state index in [4.69, 9.17) is 0 Å². The molecule has 0 saturated carbocycles. The van der Waals surface area contributed by atoms with Crippen LogP contribution in [0.15, 0.2) is 16.4 Å². The second-order valence-corrected chi connectivity index (χ2v) is 7.62. The second kappa shape index (κ2) is 6.88. The summed E-state index contributed by atoms with van der Waals surface area (Å²) in [5.74, 6) is -0.501. The van der Waals surface area contributed by atoms with Crippen molar-refractivity contribution >= 4 is 46.2 Å². The van der Waals surface area contributed by atoms with Crippen LogP contribution in [0, 0.1) is 6.92 Å². The third-order valence-corrected chi connectivity index (χ3v) is 5.91. The van der Waals surface area contributed by atoms with Crippen LogP contribution in [-0.4, -0.2) is 46.5 Å². The molecule has 7 heteroatoms. The molecule has 3 heterocycles. The zero-order valence-electron chi connectivity index (χ0n) is 12.9. The molecule has 3 rings (SSSR count). The number of thiophene rings is 1. The minimum atomic E-state index is -0.363. The van der Waals surface area contributed by atoms with Crippen molar-refractivity contribution in [1.82, 2.24) is 9.80 Å². The molecule has 0 bridgehead atoms. The number of imide groups is 1. The molecule has 0 radical (unpaired) electrons. The SMILES string of the molecule is Cc1ccsc1/C=C1\SC(=O)N(CC(=O)N2CCCCC2)C1=O. The molecule has 0 unspecified atom stereocenters. The summed E-state index contributed by atoms with van der Waals surface area (Å²) < 4.78 is 0. The van der Waals surface area contributed by atoms with Gasteiger partial charge in [-0.05, 0) is 61.0 Å². The van der Waals surface area contributed by atoms with Crippen molar-refractivity contribution in [1.29, 1.82) is 0 Å². The number of nitrogens with zero attached hydrogens (tertiary/aromatic N) is 2. The summed E-state index contributed by atoms with van der Waals surface area (Å²) in [7, 11) is 0. The summed E-state index contributed by atoms with van der Waals surface area (Å²) in [4.78, 5) is 41.0. The molecule has 0 aliphatic carbocycles. The third kappa shape index (κ3) is 3.50. The Labute approximate surface area is 143 Å². The lowest BCUT2D eigenvalue weighted by atomic mass is 10.1. The van der Waals surface area contributed by atoms with Crippen LogP contribution in [0.4, 0.5) is 4.79 Å². The van der Waals surface area contributed by atoms with Crippen LogP contribution in [0.3, 0.4) is 0 Å². The molecule has 2 aliphatic rings. The van der Waals surface area contributed by atoms with E-state index in [1.165, 1.54) is 11.3 Å². The van der Waals surface area contributed by atoms with Gasteiger partial charge in [0, 0.05) is 18.0 Å². The third-order valence-electron chi connectivity index (χ3n) is 4.04. The highest BCUT2D eigenvalue weighted by Crippen LogP contribution is 2.33. The van der Waals surface area contributed by atoms with Crippen molar-refractivity contribution in [3.05, 3.63) is 26.8 Å². The number of thioether (sulfide) groups is 1. The Kier molecular flexibility index (Phi) is 4.87. The monoisotopic (exact) mass is 350 g/mol. The lowest BCUT2D eigenvalue weighted by molar-refractivity contribution is -0.136. The average molecular weight is 350 g/mol. The summed E-state index contributed by atoms with van der Waals surface area (Å²) in [5.41, 5.74) is 1.08. The number of carbonyl (C=O) groups excluding carboxylic acids is 3. The Morgan fingerprint density at radius 3 is 2.65 bits per heavy atom. The van der Waals surface area contributed by atoms with Crippen molar-refractivity contribution in [2.75, 3.05) is 19.6 Å². The normalized spacial score (nSPS) is 20.7. The number of rotatable bonds is 3. The maximum absolute atomic E-state index is 12.4.